The number of nitrogens with zero attached hydrogens (tertiary/aromatic N) is 1. The lowest BCUT2D eigenvalue weighted by Gasteiger charge is -2.09. The molecule has 2 aliphatic rings. The zero-order valence-corrected chi connectivity index (χ0v) is 6.55. The zero-order chi connectivity index (χ0) is 8.55. The van der Waals surface area contributed by atoms with Gasteiger partial charge in [-0.2, -0.15) is 5.26 Å². The van der Waals surface area contributed by atoms with E-state index in [9.17, 15) is 4.79 Å². The van der Waals surface area contributed by atoms with Gasteiger partial charge in [0.05, 0.1) is 0 Å². The number of hydrogen-bond acceptors (Lipinski definition) is 2. The van der Waals surface area contributed by atoms with Crippen molar-refractivity contribution in [2.45, 2.75) is 19.3 Å². The molecule has 0 bridgehead atoms. The molecule has 0 saturated heterocycles. The molecule has 0 aromatic heterocycles. The number of allylic oxidation sites excluding steroid dienone is 2. The van der Waals surface area contributed by atoms with Crippen LogP contribution in [0, 0.1) is 11.3 Å². The van der Waals surface area contributed by atoms with Gasteiger partial charge in [-0.1, -0.05) is 6.08 Å². The van der Waals surface area contributed by atoms with E-state index >= 15 is 0 Å². The van der Waals surface area contributed by atoms with E-state index in [-0.39, 0.29) is 5.91 Å². The predicted octanol–water partition coefficient (Wildman–Crippen LogP) is 1.00. The summed E-state index contributed by atoms with van der Waals surface area (Å²) in [6.45, 7) is 0. The first-order valence-electron chi connectivity index (χ1n) is 3.98. The maximum atomic E-state index is 11.1. The fourth-order valence-electron chi connectivity index (χ4n) is 1.61. The summed E-state index contributed by atoms with van der Waals surface area (Å²) in [5, 5.41) is 11.4. The van der Waals surface area contributed by atoms with Crippen LogP contribution < -0.4 is 5.32 Å². The van der Waals surface area contributed by atoms with Gasteiger partial charge in [0, 0.05) is 5.70 Å². The summed E-state index contributed by atoms with van der Waals surface area (Å²) < 4.78 is 0. The van der Waals surface area contributed by atoms with Crippen LogP contribution in [-0.2, 0) is 4.79 Å². The van der Waals surface area contributed by atoms with Crippen LogP contribution in [0.3, 0.4) is 0 Å². The van der Waals surface area contributed by atoms with Crippen molar-refractivity contribution >= 4 is 5.91 Å². The molecule has 1 amide bonds. The molecule has 0 aromatic rings. The number of fused-ring (bicyclic) bond motifs is 1. The highest BCUT2D eigenvalue weighted by Gasteiger charge is 2.27. The Labute approximate surface area is 70.4 Å². The molecular formula is C9H8N2O. The van der Waals surface area contributed by atoms with Gasteiger partial charge in [0.1, 0.15) is 11.6 Å². The SMILES string of the molecule is N#CC1=C2CCCC=C2NC1=O. The van der Waals surface area contributed by atoms with Crippen molar-refractivity contribution in [1.29, 1.82) is 5.26 Å². The van der Waals surface area contributed by atoms with Gasteiger partial charge in [0.2, 0.25) is 0 Å². The molecule has 3 heteroatoms. The molecule has 1 aliphatic heterocycles. The Bertz CT molecular complexity index is 344. The maximum absolute atomic E-state index is 11.1. The van der Waals surface area contributed by atoms with Crippen molar-refractivity contribution in [3.63, 3.8) is 0 Å². The summed E-state index contributed by atoms with van der Waals surface area (Å²) in [6.07, 6.45) is 4.88. The van der Waals surface area contributed by atoms with Crippen molar-refractivity contribution < 1.29 is 4.79 Å². The lowest BCUT2D eigenvalue weighted by Crippen LogP contribution is -2.16. The van der Waals surface area contributed by atoms with Crippen LogP contribution in [0.25, 0.3) is 0 Å². The molecule has 12 heavy (non-hydrogen) atoms. The zero-order valence-electron chi connectivity index (χ0n) is 6.55. The second-order valence-electron chi connectivity index (χ2n) is 2.93. The van der Waals surface area contributed by atoms with Crippen LogP contribution in [-0.4, -0.2) is 5.91 Å². The highest BCUT2D eigenvalue weighted by molar-refractivity contribution is 6.03. The van der Waals surface area contributed by atoms with E-state index in [1.54, 1.807) is 0 Å². The Balaban J connectivity index is 2.51. The Hall–Kier alpha value is -1.56. The third kappa shape index (κ3) is 0.850. The lowest BCUT2D eigenvalue weighted by molar-refractivity contribution is -0.115. The molecule has 0 spiro atoms. The van der Waals surface area contributed by atoms with Crippen LogP contribution in [0.1, 0.15) is 19.3 Å². The molecule has 0 saturated carbocycles. The standard InChI is InChI=1S/C9H8N2O/c10-5-7-6-3-1-2-4-8(6)11-9(7)12/h4H,1-3H2,(H,11,12). The Morgan fingerprint density at radius 1 is 1.58 bits per heavy atom. The van der Waals surface area contributed by atoms with E-state index in [1.165, 1.54) is 0 Å². The molecule has 1 N–H and O–H groups in total. The summed E-state index contributed by atoms with van der Waals surface area (Å²) in [7, 11) is 0. The van der Waals surface area contributed by atoms with E-state index in [0.717, 1.165) is 30.5 Å². The van der Waals surface area contributed by atoms with Crippen LogP contribution in [0.15, 0.2) is 22.9 Å². The Morgan fingerprint density at radius 2 is 2.42 bits per heavy atom. The summed E-state index contributed by atoms with van der Waals surface area (Å²) in [5.74, 6) is -0.236. The van der Waals surface area contributed by atoms with Crippen LogP contribution in [0.4, 0.5) is 0 Å². The van der Waals surface area contributed by atoms with Crippen LogP contribution >= 0.6 is 0 Å². The number of amides is 1. The number of hydrogen-bond donors (Lipinski definition) is 1. The third-order valence-electron chi connectivity index (χ3n) is 2.19. The first-order valence-corrected chi connectivity index (χ1v) is 3.98. The van der Waals surface area contributed by atoms with Gasteiger partial charge in [0.25, 0.3) is 5.91 Å². The quantitative estimate of drug-likeness (QED) is 0.574. The normalized spacial score (nSPS) is 21.2. The van der Waals surface area contributed by atoms with Gasteiger partial charge in [-0.25, -0.2) is 0 Å². The topological polar surface area (TPSA) is 52.9 Å². The van der Waals surface area contributed by atoms with Crippen molar-refractivity contribution in [1.82, 2.24) is 5.32 Å². The van der Waals surface area contributed by atoms with Gasteiger partial charge < -0.3 is 5.32 Å². The minimum atomic E-state index is -0.236. The summed E-state index contributed by atoms with van der Waals surface area (Å²) >= 11 is 0. The average Bonchev–Trinajstić information content (AvgIpc) is 2.40. The number of carbonyl (C=O) groups excluding carboxylic acids is 1. The Kier molecular flexibility index (Phi) is 1.47. The third-order valence-corrected chi connectivity index (χ3v) is 2.19. The molecule has 0 fully saturated rings. The monoisotopic (exact) mass is 160 g/mol. The number of rotatable bonds is 0. The van der Waals surface area contributed by atoms with E-state index in [2.05, 4.69) is 5.32 Å². The minimum absolute atomic E-state index is 0.236. The lowest BCUT2D eigenvalue weighted by atomic mass is 9.97. The van der Waals surface area contributed by atoms with E-state index < -0.39 is 0 Å². The molecule has 60 valence electrons. The molecule has 0 atom stereocenters. The number of nitriles is 1. The Morgan fingerprint density at radius 3 is 3.17 bits per heavy atom. The molecule has 3 nitrogen and oxygen atoms in total. The molecule has 0 unspecified atom stereocenters. The average molecular weight is 160 g/mol. The minimum Gasteiger partial charge on any atom is -0.321 e. The first-order chi connectivity index (χ1) is 5.83. The largest absolute Gasteiger partial charge is 0.321 e. The van der Waals surface area contributed by atoms with Crippen LogP contribution in [0.5, 0.6) is 0 Å². The summed E-state index contributed by atoms with van der Waals surface area (Å²) in [5.41, 5.74) is 2.08. The first kappa shape index (κ1) is 7.11. The number of nitrogens with one attached hydrogen (secondary N) is 1. The van der Waals surface area contributed by atoms with Gasteiger partial charge in [-0.05, 0) is 24.8 Å². The molecule has 1 heterocycles. The number of carbonyl (C=O) groups is 1. The molecular weight excluding hydrogens is 152 g/mol. The van der Waals surface area contributed by atoms with Crippen molar-refractivity contribution in [3.05, 3.63) is 22.9 Å². The summed E-state index contributed by atoms with van der Waals surface area (Å²) in [6, 6.07) is 1.94. The smallest absolute Gasteiger partial charge is 0.266 e. The predicted molar refractivity (Wildman–Crippen MR) is 42.7 cm³/mol. The van der Waals surface area contributed by atoms with Gasteiger partial charge in [-0.3, -0.25) is 4.79 Å². The van der Waals surface area contributed by atoms with E-state index in [1.807, 2.05) is 12.1 Å². The highest BCUT2D eigenvalue weighted by Crippen LogP contribution is 2.29. The molecule has 0 radical (unpaired) electrons. The van der Waals surface area contributed by atoms with E-state index in [4.69, 9.17) is 5.26 Å². The fourth-order valence-corrected chi connectivity index (χ4v) is 1.61. The van der Waals surface area contributed by atoms with Crippen molar-refractivity contribution in [2.24, 2.45) is 0 Å². The highest BCUT2D eigenvalue weighted by atomic mass is 16.1. The second kappa shape index (κ2) is 2.49. The van der Waals surface area contributed by atoms with Crippen LogP contribution in [0.2, 0.25) is 0 Å². The summed E-state index contributed by atoms with van der Waals surface area (Å²) in [4.78, 5) is 11.1. The fraction of sp³-hybridized carbons (Fsp3) is 0.333. The van der Waals surface area contributed by atoms with Gasteiger partial charge in [0.15, 0.2) is 0 Å². The molecule has 2 rings (SSSR count). The molecule has 0 aromatic carbocycles. The second-order valence-corrected chi connectivity index (χ2v) is 2.93. The molecule has 1 aliphatic carbocycles. The van der Waals surface area contributed by atoms with Gasteiger partial charge in [-0.15, -0.1) is 0 Å². The van der Waals surface area contributed by atoms with Crippen molar-refractivity contribution in [3.8, 4) is 6.07 Å². The van der Waals surface area contributed by atoms with Gasteiger partial charge >= 0.3 is 0 Å². The van der Waals surface area contributed by atoms with Crippen molar-refractivity contribution in [2.75, 3.05) is 0 Å². The van der Waals surface area contributed by atoms with E-state index in [0.29, 0.717) is 5.57 Å². The maximum Gasteiger partial charge on any atom is 0.266 e.